The van der Waals surface area contributed by atoms with Crippen molar-refractivity contribution in [2.75, 3.05) is 6.54 Å². The minimum Gasteiger partial charge on any atom is -0.330 e. The molecule has 1 heterocycles. The maximum Gasteiger partial charge on any atom is 0.241 e. The molecule has 0 radical (unpaired) electrons. The number of carbonyl (C=O) groups excluding carboxylic acids is 2. The van der Waals surface area contributed by atoms with E-state index in [0.29, 0.717) is 5.39 Å². The Balaban J connectivity index is 1.84. The largest absolute Gasteiger partial charge is 0.330 e. The van der Waals surface area contributed by atoms with E-state index < -0.39 is 21.1 Å². The normalized spacial score (nSPS) is 19.0. The summed E-state index contributed by atoms with van der Waals surface area (Å²) in [5, 5.41) is 1.42. The molecular formula is C21H26N2O4S. The Morgan fingerprint density at radius 2 is 1.57 bits per heavy atom. The highest BCUT2D eigenvalue weighted by Crippen LogP contribution is 2.36. The molecule has 0 aliphatic carbocycles. The second kappa shape index (κ2) is 6.97. The Bertz CT molecular complexity index is 1020. The van der Waals surface area contributed by atoms with E-state index in [2.05, 4.69) is 4.72 Å². The van der Waals surface area contributed by atoms with Crippen molar-refractivity contribution in [2.45, 2.75) is 56.5 Å². The number of Topliss-reactive ketones (excluding diaryl/α,β-unsaturated/α-hetero) is 1. The summed E-state index contributed by atoms with van der Waals surface area (Å²) in [7, 11) is -3.87. The lowest BCUT2D eigenvalue weighted by Gasteiger charge is -2.52. The molecule has 2 aromatic carbocycles. The number of benzene rings is 2. The second-order valence-electron chi connectivity index (χ2n) is 8.55. The number of carbonyl (C=O) groups is 2. The molecule has 0 bridgehead atoms. The maximum absolute atomic E-state index is 13.0. The Morgan fingerprint density at radius 3 is 2.21 bits per heavy atom. The molecule has 1 saturated heterocycles. The van der Waals surface area contributed by atoms with Crippen LogP contribution in [0.15, 0.2) is 47.4 Å². The van der Waals surface area contributed by atoms with Crippen molar-refractivity contribution in [3.8, 4) is 0 Å². The van der Waals surface area contributed by atoms with E-state index >= 15 is 0 Å². The molecule has 0 atom stereocenters. The number of hydrogen-bond donors (Lipinski definition) is 1. The molecule has 3 rings (SSSR count). The summed E-state index contributed by atoms with van der Waals surface area (Å²) in [5.74, 6) is -0.235. The Morgan fingerprint density at radius 1 is 1.00 bits per heavy atom. The van der Waals surface area contributed by atoms with Crippen LogP contribution in [-0.4, -0.2) is 42.6 Å². The van der Waals surface area contributed by atoms with Crippen molar-refractivity contribution in [1.82, 2.24) is 9.62 Å². The zero-order valence-corrected chi connectivity index (χ0v) is 17.5. The second-order valence-corrected chi connectivity index (χ2v) is 10.3. The molecule has 0 saturated carbocycles. The standard InChI is InChI=1S/C21H26N2O4S/c1-20(2)12-16(24)13-21(3,4)23(20)19(25)14-22-28(26,27)18-11-7-9-15-8-5-6-10-17(15)18/h5-11,22H,12-14H2,1-4H3. The predicted octanol–water partition coefficient (Wildman–Crippen LogP) is 2.87. The first kappa shape index (κ1) is 20.5. The van der Waals surface area contributed by atoms with Gasteiger partial charge in [0.15, 0.2) is 0 Å². The monoisotopic (exact) mass is 402 g/mol. The molecule has 1 fully saturated rings. The van der Waals surface area contributed by atoms with Crippen molar-refractivity contribution < 1.29 is 18.0 Å². The third-order valence-corrected chi connectivity index (χ3v) is 6.63. The highest BCUT2D eigenvalue weighted by Gasteiger charge is 2.47. The van der Waals surface area contributed by atoms with Gasteiger partial charge < -0.3 is 4.90 Å². The van der Waals surface area contributed by atoms with Crippen LogP contribution < -0.4 is 4.72 Å². The lowest BCUT2D eigenvalue weighted by molar-refractivity contribution is -0.152. The third kappa shape index (κ3) is 3.82. The maximum atomic E-state index is 13.0. The van der Waals surface area contributed by atoms with Crippen LogP contribution in [0.3, 0.4) is 0 Å². The van der Waals surface area contributed by atoms with Gasteiger partial charge in [-0.25, -0.2) is 13.1 Å². The van der Waals surface area contributed by atoms with Crippen LogP contribution >= 0.6 is 0 Å². The fraction of sp³-hybridized carbons (Fsp3) is 0.429. The van der Waals surface area contributed by atoms with Gasteiger partial charge in [0.05, 0.1) is 11.4 Å². The number of piperidine rings is 1. The summed E-state index contributed by atoms with van der Waals surface area (Å²) in [6.45, 7) is 6.99. The number of sulfonamides is 1. The first-order chi connectivity index (χ1) is 12.9. The average molecular weight is 403 g/mol. The summed E-state index contributed by atoms with van der Waals surface area (Å²) in [4.78, 5) is 26.8. The molecular weight excluding hydrogens is 376 g/mol. The van der Waals surface area contributed by atoms with Crippen molar-refractivity contribution >= 4 is 32.5 Å². The number of nitrogens with zero attached hydrogens (tertiary/aromatic N) is 1. The molecule has 1 amide bonds. The van der Waals surface area contributed by atoms with Gasteiger partial charge in [-0.3, -0.25) is 9.59 Å². The van der Waals surface area contributed by atoms with Gasteiger partial charge in [0, 0.05) is 29.3 Å². The molecule has 6 nitrogen and oxygen atoms in total. The minimum absolute atomic E-state index is 0.107. The van der Waals surface area contributed by atoms with Crippen LogP contribution in [0, 0.1) is 0 Å². The zero-order chi connectivity index (χ0) is 20.7. The van der Waals surface area contributed by atoms with Gasteiger partial charge >= 0.3 is 0 Å². The zero-order valence-electron chi connectivity index (χ0n) is 16.7. The topological polar surface area (TPSA) is 83.6 Å². The summed E-state index contributed by atoms with van der Waals surface area (Å²) in [5.41, 5.74) is -1.33. The van der Waals surface area contributed by atoms with Gasteiger partial charge in [0.1, 0.15) is 5.78 Å². The Hall–Kier alpha value is -2.25. The number of nitrogens with one attached hydrogen (secondary N) is 1. The number of fused-ring (bicyclic) bond motifs is 1. The average Bonchev–Trinajstić information content (AvgIpc) is 2.57. The van der Waals surface area contributed by atoms with Gasteiger partial charge in [-0.1, -0.05) is 36.4 Å². The van der Waals surface area contributed by atoms with Crippen molar-refractivity contribution in [1.29, 1.82) is 0 Å². The lowest BCUT2D eigenvalue weighted by atomic mass is 9.79. The highest BCUT2D eigenvalue weighted by atomic mass is 32.2. The minimum atomic E-state index is -3.87. The van der Waals surface area contributed by atoms with Crippen molar-refractivity contribution in [3.05, 3.63) is 42.5 Å². The molecule has 0 spiro atoms. The van der Waals surface area contributed by atoms with E-state index in [-0.39, 0.29) is 36.0 Å². The fourth-order valence-corrected chi connectivity index (χ4v) is 5.63. The first-order valence-corrected chi connectivity index (χ1v) is 10.7. The molecule has 1 aliphatic heterocycles. The summed E-state index contributed by atoms with van der Waals surface area (Å²) < 4.78 is 28.2. The van der Waals surface area contributed by atoms with Gasteiger partial charge in [-0.15, -0.1) is 0 Å². The number of amides is 1. The lowest BCUT2D eigenvalue weighted by Crippen LogP contribution is -2.64. The molecule has 1 aliphatic rings. The molecule has 28 heavy (non-hydrogen) atoms. The van der Waals surface area contributed by atoms with Crippen LogP contribution in [0.5, 0.6) is 0 Å². The van der Waals surface area contributed by atoms with Gasteiger partial charge in [-0.2, -0.15) is 0 Å². The van der Waals surface area contributed by atoms with E-state index in [1.807, 2.05) is 45.9 Å². The first-order valence-electron chi connectivity index (χ1n) is 9.26. The van der Waals surface area contributed by atoms with E-state index in [1.54, 1.807) is 23.1 Å². The molecule has 1 N–H and O–H groups in total. The van der Waals surface area contributed by atoms with Crippen LogP contribution in [-0.2, 0) is 19.6 Å². The Labute approximate surface area is 166 Å². The molecule has 2 aromatic rings. The van der Waals surface area contributed by atoms with Gasteiger partial charge in [0.2, 0.25) is 15.9 Å². The highest BCUT2D eigenvalue weighted by molar-refractivity contribution is 7.89. The smallest absolute Gasteiger partial charge is 0.241 e. The van der Waals surface area contributed by atoms with Gasteiger partial charge in [0.25, 0.3) is 0 Å². The SMILES string of the molecule is CC1(C)CC(=O)CC(C)(C)N1C(=O)CNS(=O)(=O)c1cccc2ccccc12. The summed E-state index contributed by atoms with van der Waals surface area (Å²) in [6, 6.07) is 12.3. The van der Waals surface area contributed by atoms with Crippen molar-refractivity contribution in [2.24, 2.45) is 0 Å². The van der Waals surface area contributed by atoms with E-state index in [0.717, 1.165) is 5.39 Å². The van der Waals surface area contributed by atoms with E-state index in [4.69, 9.17) is 0 Å². The summed E-state index contributed by atoms with van der Waals surface area (Å²) in [6.07, 6.45) is 0.524. The van der Waals surface area contributed by atoms with Crippen molar-refractivity contribution in [3.63, 3.8) is 0 Å². The van der Waals surface area contributed by atoms with E-state index in [1.165, 1.54) is 6.07 Å². The third-order valence-electron chi connectivity index (χ3n) is 5.17. The number of rotatable bonds is 4. The number of likely N-dealkylation sites (tertiary alicyclic amines) is 1. The quantitative estimate of drug-likeness (QED) is 0.852. The summed E-state index contributed by atoms with van der Waals surface area (Å²) >= 11 is 0. The molecule has 7 heteroatoms. The van der Waals surface area contributed by atoms with Gasteiger partial charge in [-0.05, 0) is 39.1 Å². The number of hydrogen-bond acceptors (Lipinski definition) is 4. The van der Waals surface area contributed by atoms with Crippen LogP contribution in [0.1, 0.15) is 40.5 Å². The van der Waals surface area contributed by atoms with Crippen LogP contribution in [0.25, 0.3) is 10.8 Å². The Kier molecular flexibility index (Phi) is 5.10. The van der Waals surface area contributed by atoms with Crippen LogP contribution in [0.4, 0.5) is 0 Å². The van der Waals surface area contributed by atoms with E-state index in [9.17, 15) is 18.0 Å². The molecule has 0 aromatic heterocycles. The fourth-order valence-electron chi connectivity index (χ4n) is 4.42. The molecule has 0 unspecified atom stereocenters. The number of ketones is 1. The molecule has 150 valence electrons. The predicted molar refractivity (Wildman–Crippen MR) is 108 cm³/mol. The van der Waals surface area contributed by atoms with Crippen LogP contribution in [0.2, 0.25) is 0 Å².